The number of fused-ring (bicyclic) bond motifs is 7. The van der Waals surface area contributed by atoms with Crippen molar-refractivity contribution in [2.45, 2.75) is 31.1 Å². The molecule has 0 aromatic heterocycles. The van der Waals surface area contributed by atoms with Gasteiger partial charge in [-0.15, -0.1) is 0 Å². The lowest BCUT2D eigenvalue weighted by molar-refractivity contribution is 0.354. The zero-order valence-corrected chi connectivity index (χ0v) is 29.3. The molecule has 0 bridgehead atoms. The van der Waals surface area contributed by atoms with E-state index in [1.165, 1.54) is 55.3 Å². The van der Waals surface area contributed by atoms with Gasteiger partial charge in [0.15, 0.2) is 23.0 Å². The molecule has 0 saturated heterocycles. The van der Waals surface area contributed by atoms with Gasteiger partial charge in [-0.25, -0.2) is 0 Å². The summed E-state index contributed by atoms with van der Waals surface area (Å²) >= 11 is 0. The number of allylic oxidation sites excluding steroid dienone is 4. The van der Waals surface area contributed by atoms with E-state index in [1.807, 2.05) is 0 Å². The highest BCUT2D eigenvalue weighted by molar-refractivity contribution is 5.99. The molecule has 7 aromatic rings. The highest BCUT2D eigenvalue weighted by atomic mass is 16.6. The van der Waals surface area contributed by atoms with Gasteiger partial charge < -0.3 is 9.47 Å². The Morgan fingerprint density at radius 1 is 0.519 bits per heavy atom. The molecule has 2 nitrogen and oxygen atoms in total. The summed E-state index contributed by atoms with van der Waals surface area (Å²) in [7, 11) is 0. The number of rotatable bonds is 5. The summed E-state index contributed by atoms with van der Waals surface area (Å²) in [5.74, 6) is 3.79. The molecular formula is C50H38O2. The van der Waals surface area contributed by atoms with E-state index < -0.39 is 0 Å². The smallest absolute Gasteiger partial charge is 0.174 e. The molecule has 0 amide bonds. The van der Waals surface area contributed by atoms with Crippen molar-refractivity contribution in [3.63, 3.8) is 0 Å². The molecule has 0 saturated carbocycles. The van der Waals surface area contributed by atoms with E-state index in [-0.39, 0.29) is 17.3 Å². The summed E-state index contributed by atoms with van der Waals surface area (Å²) in [6.45, 7) is 4.69. The standard InChI is InChI=1S/C50H38O2/c1-50(2)42-24-14-13-23-41(42)48-43(50)28-30-45-49(48)52-44-29-25-34(31-46(44)51-45)35-19-9-12-22-39(35)47(33-17-7-4-8-18-33)40-27-26-36(32-15-5-3-6-16-32)37-20-10-11-21-38(37)40/h3-31,41-42,47H,1-2H3. The number of hydrogen-bond donors (Lipinski definition) is 0. The molecule has 7 aromatic carbocycles. The third kappa shape index (κ3) is 4.78. The van der Waals surface area contributed by atoms with Crippen molar-refractivity contribution in [2.75, 3.05) is 0 Å². The molecule has 0 spiro atoms. The van der Waals surface area contributed by atoms with Gasteiger partial charge in [0.2, 0.25) is 0 Å². The largest absolute Gasteiger partial charge is 0.449 e. The van der Waals surface area contributed by atoms with Crippen LogP contribution in [0.4, 0.5) is 0 Å². The molecule has 10 rings (SSSR count). The van der Waals surface area contributed by atoms with Crippen molar-refractivity contribution in [3.05, 3.63) is 204 Å². The van der Waals surface area contributed by atoms with Gasteiger partial charge in [0.25, 0.3) is 0 Å². The average molecular weight is 671 g/mol. The summed E-state index contributed by atoms with van der Waals surface area (Å²) in [5.41, 5.74) is 11.1. The van der Waals surface area contributed by atoms with E-state index in [4.69, 9.17) is 9.47 Å². The van der Waals surface area contributed by atoms with E-state index >= 15 is 0 Å². The van der Waals surface area contributed by atoms with Gasteiger partial charge in [-0.2, -0.15) is 0 Å². The first-order chi connectivity index (χ1) is 25.6. The molecule has 0 radical (unpaired) electrons. The predicted molar refractivity (Wildman–Crippen MR) is 213 cm³/mol. The maximum Gasteiger partial charge on any atom is 0.174 e. The van der Waals surface area contributed by atoms with Crippen molar-refractivity contribution < 1.29 is 9.47 Å². The highest BCUT2D eigenvalue weighted by Crippen LogP contribution is 2.60. The average Bonchev–Trinajstić information content (AvgIpc) is 3.44. The SMILES string of the molecule is CC1(C)c2ccc3c(c2C2C=CC=CC21)Oc1ccc(-c2ccccc2C(c2ccccc2)c2ccc(-c4ccccc4)c4ccccc24)cc1O3. The van der Waals surface area contributed by atoms with Gasteiger partial charge in [0.05, 0.1) is 0 Å². The van der Waals surface area contributed by atoms with E-state index in [1.54, 1.807) is 0 Å². The summed E-state index contributed by atoms with van der Waals surface area (Å²) in [5, 5.41) is 2.51. The van der Waals surface area contributed by atoms with Crippen LogP contribution in [0.3, 0.4) is 0 Å². The minimum absolute atomic E-state index is 0.00228. The minimum atomic E-state index is -0.00228. The van der Waals surface area contributed by atoms with Crippen molar-refractivity contribution >= 4 is 10.8 Å². The number of benzene rings is 7. The maximum absolute atomic E-state index is 6.78. The second kappa shape index (κ2) is 12.0. The van der Waals surface area contributed by atoms with Crippen LogP contribution in [0.1, 0.15) is 53.5 Å². The van der Waals surface area contributed by atoms with Gasteiger partial charge in [-0.05, 0) is 84.8 Å². The fourth-order valence-corrected chi connectivity index (χ4v) is 9.11. The Bertz CT molecular complexity index is 2560. The molecule has 1 aliphatic heterocycles. The molecule has 3 atom stereocenters. The zero-order chi connectivity index (χ0) is 34.8. The quantitative estimate of drug-likeness (QED) is 0.170. The Morgan fingerprint density at radius 3 is 2.08 bits per heavy atom. The van der Waals surface area contributed by atoms with Crippen molar-refractivity contribution in [2.24, 2.45) is 5.92 Å². The lowest BCUT2D eigenvalue weighted by atomic mass is 9.74. The molecule has 3 aliphatic rings. The van der Waals surface area contributed by atoms with E-state index in [0.717, 1.165) is 28.6 Å². The third-order valence-corrected chi connectivity index (χ3v) is 11.6. The minimum Gasteiger partial charge on any atom is -0.449 e. The highest BCUT2D eigenvalue weighted by Gasteiger charge is 2.47. The summed E-state index contributed by atoms with van der Waals surface area (Å²) in [6.07, 6.45) is 9.01. The van der Waals surface area contributed by atoms with E-state index in [0.29, 0.717) is 5.92 Å². The fraction of sp³-hybridized carbons (Fsp3) is 0.120. The van der Waals surface area contributed by atoms with Crippen LogP contribution < -0.4 is 9.47 Å². The predicted octanol–water partition coefficient (Wildman–Crippen LogP) is 13.4. The zero-order valence-electron chi connectivity index (χ0n) is 29.3. The van der Waals surface area contributed by atoms with Gasteiger partial charge in [0, 0.05) is 17.4 Å². The monoisotopic (exact) mass is 670 g/mol. The number of ether oxygens (including phenoxy) is 2. The summed E-state index contributed by atoms with van der Waals surface area (Å²) in [4.78, 5) is 0. The first-order valence-electron chi connectivity index (χ1n) is 18.3. The second-order valence-corrected chi connectivity index (χ2v) is 14.8. The van der Waals surface area contributed by atoms with Crippen LogP contribution in [-0.2, 0) is 5.41 Å². The van der Waals surface area contributed by atoms with Gasteiger partial charge in [-0.3, -0.25) is 0 Å². The Hall–Kier alpha value is -6.12. The Balaban J connectivity index is 1.08. The summed E-state index contributed by atoms with van der Waals surface area (Å²) in [6, 6.07) is 54.6. The van der Waals surface area contributed by atoms with Crippen LogP contribution in [0, 0.1) is 5.92 Å². The topological polar surface area (TPSA) is 18.5 Å². The van der Waals surface area contributed by atoms with Crippen LogP contribution in [-0.4, -0.2) is 0 Å². The summed E-state index contributed by atoms with van der Waals surface area (Å²) < 4.78 is 13.5. The van der Waals surface area contributed by atoms with Gasteiger partial charge in [0.1, 0.15) is 0 Å². The van der Waals surface area contributed by atoms with Crippen LogP contribution in [0.15, 0.2) is 176 Å². The molecule has 250 valence electrons. The second-order valence-electron chi connectivity index (χ2n) is 14.8. The Morgan fingerprint density at radius 2 is 1.23 bits per heavy atom. The molecular weight excluding hydrogens is 633 g/mol. The molecule has 0 N–H and O–H groups in total. The number of hydrogen-bond acceptors (Lipinski definition) is 2. The third-order valence-electron chi connectivity index (χ3n) is 11.6. The van der Waals surface area contributed by atoms with Crippen LogP contribution in [0.2, 0.25) is 0 Å². The van der Waals surface area contributed by atoms with Gasteiger partial charge in [-0.1, -0.05) is 172 Å². The van der Waals surface area contributed by atoms with E-state index in [2.05, 4.69) is 190 Å². The van der Waals surface area contributed by atoms with Crippen LogP contribution in [0.5, 0.6) is 23.0 Å². The molecule has 3 unspecified atom stereocenters. The molecule has 52 heavy (non-hydrogen) atoms. The lowest BCUT2D eigenvalue weighted by Gasteiger charge is -2.29. The first kappa shape index (κ1) is 30.7. The maximum atomic E-state index is 6.78. The van der Waals surface area contributed by atoms with Gasteiger partial charge >= 0.3 is 0 Å². The van der Waals surface area contributed by atoms with Crippen LogP contribution >= 0.6 is 0 Å². The Kier molecular flexibility index (Phi) is 7.08. The molecule has 2 heteroatoms. The first-order valence-corrected chi connectivity index (χ1v) is 18.3. The normalized spacial score (nSPS) is 18.0. The molecule has 1 heterocycles. The fourth-order valence-electron chi connectivity index (χ4n) is 9.11. The molecule has 0 fully saturated rings. The molecule has 2 aliphatic carbocycles. The van der Waals surface area contributed by atoms with Crippen molar-refractivity contribution in [1.82, 2.24) is 0 Å². The van der Waals surface area contributed by atoms with Crippen molar-refractivity contribution in [3.8, 4) is 45.3 Å². The van der Waals surface area contributed by atoms with Crippen molar-refractivity contribution in [1.29, 1.82) is 0 Å². The van der Waals surface area contributed by atoms with E-state index in [9.17, 15) is 0 Å². The van der Waals surface area contributed by atoms with Crippen LogP contribution in [0.25, 0.3) is 33.0 Å². The lowest BCUT2D eigenvalue weighted by Crippen LogP contribution is -2.24. The Labute approximate surface area is 305 Å².